The number of hydrogen-bond donors (Lipinski definition) is 2. The van der Waals surface area contributed by atoms with Crippen LogP contribution in [0.4, 0.5) is 10.5 Å². The van der Waals surface area contributed by atoms with Crippen molar-refractivity contribution in [3.63, 3.8) is 0 Å². The van der Waals surface area contributed by atoms with E-state index in [1.807, 2.05) is 43.0 Å². The highest BCUT2D eigenvalue weighted by molar-refractivity contribution is 7.99. The summed E-state index contributed by atoms with van der Waals surface area (Å²) >= 11 is 1.89. The summed E-state index contributed by atoms with van der Waals surface area (Å²) in [5.74, 6) is 0. The third-order valence-electron chi connectivity index (χ3n) is 3.78. The minimum absolute atomic E-state index is 0.120. The molecule has 0 radical (unpaired) electrons. The van der Waals surface area contributed by atoms with Crippen LogP contribution in [0.1, 0.15) is 31.7 Å². The zero-order valence-electron chi connectivity index (χ0n) is 12.7. The first-order chi connectivity index (χ1) is 10.2. The molecule has 1 aliphatic carbocycles. The molecule has 1 saturated carbocycles. The van der Waals surface area contributed by atoms with E-state index in [1.54, 1.807) is 0 Å². The van der Waals surface area contributed by atoms with Gasteiger partial charge in [-0.2, -0.15) is 11.8 Å². The normalized spacial score (nSPS) is 21.2. The molecule has 0 aromatic heterocycles. The van der Waals surface area contributed by atoms with E-state index in [4.69, 9.17) is 4.74 Å². The molecule has 5 heteroatoms. The summed E-state index contributed by atoms with van der Waals surface area (Å²) in [5.41, 5.74) is 1.82. The summed E-state index contributed by atoms with van der Waals surface area (Å²) < 4.78 is 5.43. The van der Waals surface area contributed by atoms with Gasteiger partial charge in [0.2, 0.25) is 0 Å². The van der Waals surface area contributed by atoms with Gasteiger partial charge in [0.25, 0.3) is 0 Å². The fourth-order valence-corrected chi connectivity index (χ4v) is 3.41. The summed E-state index contributed by atoms with van der Waals surface area (Å²) in [4.78, 5) is 12.1. The number of carbonyl (C=O) groups is 1. The first-order valence-electron chi connectivity index (χ1n) is 7.49. The van der Waals surface area contributed by atoms with Crippen LogP contribution in [0.15, 0.2) is 24.3 Å². The van der Waals surface area contributed by atoms with Crippen LogP contribution in [-0.4, -0.2) is 30.2 Å². The smallest absolute Gasteiger partial charge is 0.319 e. The Labute approximate surface area is 131 Å². The summed E-state index contributed by atoms with van der Waals surface area (Å²) in [6.07, 6.45) is 5.46. The van der Waals surface area contributed by atoms with Crippen LogP contribution in [0.2, 0.25) is 0 Å². The lowest BCUT2D eigenvalue weighted by Crippen LogP contribution is -2.36. The van der Waals surface area contributed by atoms with Crippen LogP contribution in [0.3, 0.4) is 0 Å². The van der Waals surface area contributed by atoms with Crippen molar-refractivity contribution in [2.24, 2.45) is 0 Å². The summed E-state index contributed by atoms with van der Waals surface area (Å²) in [7, 11) is 0. The third kappa shape index (κ3) is 4.93. The van der Waals surface area contributed by atoms with Crippen molar-refractivity contribution in [2.45, 2.75) is 44.1 Å². The van der Waals surface area contributed by atoms with E-state index in [2.05, 4.69) is 16.9 Å². The Morgan fingerprint density at radius 1 is 1.38 bits per heavy atom. The number of para-hydroxylation sites is 1. The van der Waals surface area contributed by atoms with E-state index in [0.717, 1.165) is 24.1 Å². The van der Waals surface area contributed by atoms with Gasteiger partial charge >= 0.3 is 6.03 Å². The second kappa shape index (κ2) is 8.29. The zero-order valence-corrected chi connectivity index (χ0v) is 13.5. The molecule has 0 saturated heterocycles. The quantitative estimate of drug-likeness (QED) is 0.844. The van der Waals surface area contributed by atoms with Crippen LogP contribution in [0, 0.1) is 0 Å². The fraction of sp³-hybridized carbons (Fsp3) is 0.562. The lowest BCUT2D eigenvalue weighted by Gasteiger charge is -2.15. The maximum atomic E-state index is 12.1. The maximum Gasteiger partial charge on any atom is 0.319 e. The van der Waals surface area contributed by atoms with Gasteiger partial charge in [-0.25, -0.2) is 4.79 Å². The van der Waals surface area contributed by atoms with Crippen molar-refractivity contribution in [2.75, 3.05) is 18.2 Å². The lowest BCUT2D eigenvalue weighted by atomic mass is 10.2. The van der Waals surface area contributed by atoms with Gasteiger partial charge in [0, 0.05) is 29.1 Å². The van der Waals surface area contributed by atoms with E-state index in [1.165, 1.54) is 6.42 Å². The summed E-state index contributed by atoms with van der Waals surface area (Å²) in [6.45, 7) is 3.15. The number of rotatable bonds is 6. The van der Waals surface area contributed by atoms with Crippen molar-refractivity contribution < 1.29 is 9.53 Å². The van der Waals surface area contributed by atoms with Crippen LogP contribution < -0.4 is 10.6 Å². The number of ether oxygens (including phenoxy) is 1. The predicted octanol–water partition coefficient (Wildman–Crippen LogP) is 3.63. The molecule has 0 heterocycles. The van der Waals surface area contributed by atoms with Gasteiger partial charge in [-0.3, -0.25) is 0 Å². The summed E-state index contributed by atoms with van der Waals surface area (Å²) in [6, 6.07) is 7.94. The average molecular weight is 308 g/mol. The Bertz CT molecular complexity index is 467. The van der Waals surface area contributed by atoms with E-state index < -0.39 is 0 Å². The van der Waals surface area contributed by atoms with Gasteiger partial charge in [-0.15, -0.1) is 0 Å². The molecule has 2 amide bonds. The first-order valence-corrected chi connectivity index (χ1v) is 8.77. The molecule has 116 valence electrons. The standard InChI is InChI=1S/C16H24N2O2S/c1-3-20-11-12-6-4-5-7-15(12)18-16(19)17-13-8-9-14(10-13)21-2/h4-7,13-14H,3,8-11H2,1-2H3,(H2,17,18,19)/t13-,14+/m1/s1. The number of carbonyl (C=O) groups excluding carboxylic acids is 1. The number of amides is 2. The Morgan fingerprint density at radius 2 is 2.19 bits per heavy atom. The lowest BCUT2D eigenvalue weighted by molar-refractivity contribution is 0.134. The maximum absolute atomic E-state index is 12.1. The molecule has 2 rings (SSSR count). The highest BCUT2D eigenvalue weighted by Crippen LogP contribution is 2.28. The molecule has 2 N–H and O–H groups in total. The number of hydrogen-bond acceptors (Lipinski definition) is 3. The Balaban J connectivity index is 1.87. The van der Waals surface area contributed by atoms with Gasteiger partial charge in [0.1, 0.15) is 0 Å². The molecular weight excluding hydrogens is 284 g/mol. The predicted molar refractivity (Wildman–Crippen MR) is 88.9 cm³/mol. The van der Waals surface area contributed by atoms with Crippen molar-refractivity contribution >= 4 is 23.5 Å². The average Bonchev–Trinajstić information content (AvgIpc) is 2.94. The molecule has 0 bridgehead atoms. The fourth-order valence-electron chi connectivity index (χ4n) is 2.61. The molecule has 0 aliphatic heterocycles. The topological polar surface area (TPSA) is 50.4 Å². The molecule has 2 atom stereocenters. The van der Waals surface area contributed by atoms with E-state index >= 15 is 0 Å². The summed E-state index contributed by atoms with van der Waals surface area (Å²) in [5, 5.41) is 6.69. The van der Waals surface area contributed by atoms with Gasteiger partial charge in [-0.1, -0.05) is 18.2 Å². The molecule has 1 aromatic rings. The number of nitrogens with one attached hydrogen (secondary N) is 2. The van der Waals surface area contributed by atoms with E-state index in [9.17, 15) is 4.79 Å². The molecule has 21 heavy (non-hydrogen) atoms. The highest BCUT2D eigenvalue weighted by Gasteiger charge is 2.25. The molecule has 1 fully saturated rings. The number of benzene rings is 1. The van der Waals surface area contributed by atoms with E-state index in [-0.39, 0.29) is 6.03 Å². The minimum Gasteiger partial charge on any atom is -0.377 e. The Kier molecular flexibility index (Phi) is 6.39. The van der Waals surface area contributed by atoms with Crippen molar-refractivity contribution in [1.29, 1.82) is 0 Å². The minimum atomic E-state index is -0.120. The number of thioether (sulfide) groups is 1. The Hall–Kier alpha value is -1.20. The molecular formula is C16H24N2O2S. The zero-order chi connectivity index (χ0) is 15.1. The second-order valence-corrected chi connectivity index (χ2v) is 6.40. The van der Waals surface area contributed by atoms with Crippen molar-refractivity contribution in [1.82, 2.24) is 5.32 Å². The Morgan fingerprint density at radius 3 is 2.90 bits per heavy atom. The third-order valence-corrected chi connectivity index (χ3v) is 4.88. The van der Waals surface area contributed by atoms with Gasteiger partial charge in [0.15, 0.2) is 0 Å². The molecule has 1 aliphatic rings. The number of urea groups is 1. The number of anilines is 1. The molecule has 4 nitrogen and oxygen atoms in total. The van der Waals surface area contributed by atoms with Crippen LogP contribution in [0.5, 0.6) is 0 Å². The first kappa shape index (κ1) is 16.2. The van der Waals surface area contributed by atoms with Crippen LogP contribution >= 0.6 is 11.8 Å². The SMILES string of the molecule is CCOCc1ccccc1NC(=O)N[C@@H]1CC[C@H](SC)C1. The molecule has 1 aromatic carbocycles. The monoisotopic (exact) mass is 308 g/mol. The van der Waals surface area contributed by atoms with Gasteiger partial charge < -0.3 is 15.4 Å². The van der Waals surface area contributed by atoms with Crippen molar-refractivity contribution in [3.05, 3.63) is 29.8 Å². The van der Waals surface area contributed by atoms with E-state index in [0.29, 0.717) is 24.5 Å². The van der Waals surface area contributed by atoms with Gasteiger partial charge in [0.05, 0.1) is 6.61 Å². The van der Waals surface area contributed by atoms with Crippen molar-refractivity contribution in [3.8, 4) is 0 Å². The van der Waals surface area contributed by atoms with Gasteiger partial charge in [-0.05, 0) is 38.5 Å². The molecule has 0 spiro atoms. The van der Waals surface area contributed by atoms with Crippen LogP contribution in [0.25, 0.3) is 0 Å². The molecule has 0 unspecified atom stereocenters. The van der Waals surface area contributed by atoms with Crippen LogP contribution in [-0.2, 0) is 11.3 Å². The largest absolute Gasteiger partial charge is 0.377 e. The second-order valence-electron chi connectivity index (χ2n) is 5.26. The highest BCUT2D eigenvalue weighted by atomic mass is 32.2.